The zero-order chi connectivity index (χ0) is 12.2. The minimum atomic E-state index is 0.283. The van der Waals surface area contributed by atoms with Crippen LogP contribution in [0.2, 0.25) is 0 Å². The Morgan fingerprint density at radius 3 is 2.56 bits per heavy atom. The third-order valence-electron chi connectivity index (χ3n) is 2.58. The molecular formula is C13H24N2O. The molecule has 0 atom stereocenters. The van der Waals surface area contributed by atoms with Crippen LogP contribution in [0.4, 0.5) is 0 Å². The average molecular weight is 224 g/mol. The predicted molar refractivity (Wildman–Crippen MR) is 67.5 cm³/mol. The van der Waals surface area contributed by atoms with Crippen molar-refractivity contribution < 1.29 is 4.42 Å². The zero-order valence-electron chi connectivity index (χ0n) is 11.1. The van der Waals surface area contributed by atoms with Crippen molar-refractivity contribution in [3.63, 3.8) is 0 Å². The molecule has 0 aliphatic carbocycles. The highest BCUT2D eigenvalue weighted by atomic mass is 16.3. The summed E-state index contributed by atoms with van der Waals surface area (Å²) in [5.41, 5.74) is 0.283. The van der Waals surface area contributed by atoms with Gasteiger partial charge in [-0.25, -0.2) is 0 Å². The van der Waals surface area contributed by atoms with E-state index in [0.29, 0.717) is 0 Å². The van der Waals surface area contributed by atoms with Crippen molar-refractivity contribution >= 4 is 0 Å². The Balaban J connectivity index is 2.44. The number of furan rings is 1. The molecule has 0 fully saturated rings. The third kappa shape index (κ3) is 4.37. The van der Waals surface area contributed by atoms with Gasteiger partial charge in [-0.3, -0.25) is 4.90 Å². The maximum atomic E-state index is 5.57. The van der Waals surface area contributed by atoms with Crippen LogP contribution in [0.15, 0.2) is 16.5 Å². The van der Waals surface area contributed by atoms with Crippen molar-refractivity contribution in [3.05, 3.63) is 23.7 Å². The summed E-state index contributed by atoms with van der Waals surface area (Å²) in [6.45, 7) is 9.47. The highest BCUT2D eigenvalue weighted by Gasteiger charge is 2.19. The van der Waals surface area contributed by atoms with E-state index >= 15 is 0 Å². The van der Waals surface area contributed by atoms with Gasteiger partial charge < -0.3 is 9.73 Å². The molecule has 92 valence electrons. The van der Waals surface area contributed by atoms with Gasteiger partial charge in [-0.05, 0) is 38.6 Å². The van der Waals surface area contributed by atoms with Gasteiger partial charge in [0.2, 0.25) is 0 Å². The van der Waals surface area contributed by atoms with Gasteiger partial charge in [0, 0.05) is 13.1 Å². The van der Waals surface area contributed by atoms with Crippen LogP contribution in [-0.2, 0) is 6.54 Å². The van der Waals surface area contributed by atoms with E-state index in [1.165, 1.54) is 0 Å². The number of rotatable bonds is 6. The van der Waals surface area contributed by atoms with Gasteiger partial charge in [0.15, 0.2) is 0 Å². The van der Waals surface area contributed by atoms with Crippen LogP contribution in [0.1, 0.15) is 25.4 Å². The number of nitrogens with one attached hydrogen (secondary N) is 1. The van der Waals surface area contributed by atoms with Crippen molar-refractivity contribution in [1.29, 1.82) is 0 Å². The molecule has 0 spiro atoms. The molecule has 0 unspecified atom stereocenters. The summed E-state index contributed by atoms with van der Waals surface area (Å²) >= 11 is 0. The molecule has 0 saturated heterocycles. The summed E-state index contributed by atoms with van der Waals surface area (Å²) in [5.74, 6) is 2.03. The summed E-state index contributed by atoms with van der Waals surface area (Å²) in [7, 11) is 4.13. The first-order valence-corrected chi connectivity index (χ1v) is 5.81. The van der Waals surface area contributed by atoms with E-state index in [1.807, 2.05) is 20.0 Å². The van der Waals surface area contributed by atoms with Gasteiger partial charge in [0.25, 0.3) is 0 Å². The molecule has 0 saturated carbocycles. The first-order chi connectivity index (χ1) is 7.43. The van der Waals surface area contributed by atoms with Crippen LogP contribution in [0, 0.1) is 12.3 Å². The van der Waals surface area contributed by atoms with Gasteiger partial charge in [-0.1, -0.05) is 13.8 Å². The molecule has 3 heteroatoms. The molecule has 1 rings (SSSR count). The lowest BCUT2D eigenvalue weighted by Gasteiger charge is -2.29. The second-order valence-electron chi connectivity index (χ2n) is 5.38. The Labute approximate surface area is 98.8 Å². The number of nitrogens with zero attached hydrogens (tertiary/aromatic N) is 1. The SMILES string of the molecule is CNCC(C)(C)CN(C)Cc1ccc(C)o1. The summed E-state index contributed by atoms with van der Waals surface area (Å²) in [5, 5.41) is 3.23. The van der Waals surface area contributed by atoms with Gasteiger partial charge in [0.1, 0.15) is 11.5 Å². The summed E-state index contributed by atoms with van der Waals surface area (Å²) in [4.78, 5) is 2.30. The van der Waals surface area contributed by atoms with Crippen molar-refractivity contribution in [3.8, 4) is 0 Å². The van der Waals surface area contributed by atoms with Crippen molar-refractivity contribution in [2.75, 3.05) is 27.2 Å². The molecule has 1 aromatic heterocycles. The smallest absolute Gasteiger partial charge is 0.118 e. The van der Waals surface area contributed by atoms with Crippen molar-refractivity contribution in [1.82, 2.24) is 10.2 Å². The third-order valence-corrected chi connectivity index (χ3v) is 2.58. The van der Waals surface area contributed by atoms with E-state index in [9.17, 15) is 0 Å². The van der Waals surface area contributed by atoms with E-state index in [4.69, 9.17) is 4.42 Å². The molecular weight excluding hydrogens is 200 g/mol. The number of hydrogen-bond acceptors (Lipinski definition) is 3. The molecule has 1 N–H and O–H groups in total. The number of hydrogen-bond donors (Lipinski definition) is 1. The molecule has 0 aliphatic rings. The van der Waals surface area contributed by atoms with Gasteiger partial charge in [-0.2, -0.15) is 0 Å². The molecule has 0 aliphatic heterocycles. The first-order valence-electron chi connectivity index (χ1n) is 5.81. The summed E-state index contributed by atoms with van der Waals surface area (Å²) < 4.78 is 5.57. The molecule has 1 heterocycles. The number of aryl methyl sites for hydroxylation is 1. The maximum absolute atomic E-state index is 5.57. The van der Waals surface area contributed by atoms with E-state index in [1.54, 1.807) is 0 Å². The van der Waals surface area contributed by atoms with Gasteiger partial charge in [0.05, 0.1) is 6.54 Å². The second-order valence-corrected chi connectivity index (χ2v) is 5.38. The lowest BCUT2D eigenvalue weighted by Crippen LogP contribution is -2.37. The molecule has 0 radical (unpaired) electrons. The van der Waals surface area contributed by atoms with E-state index in [-0.39, 0.29) is 5.41 Å². The molecule has 0 bridgehead atoms. The van der Waals surface area contributed by atoms with E-state index in [2.05, 4.69) is 37.2 Å². The highest BCUT2D eigenvalue weighted by Crippen LogP contribution is 2.17. The summed E-state index contributed by atoms with van der Waals surface area (Å²) in [6.07, 6.45) is 0. The molecule has 3 nitrogen and oxygen atoms in total. The molecule has 0 aromatic carbocycles. The predicted octanol–water partition coefficient (Wildman–Crippen LogP) is 2.27. The summed E-state index contributed by atoms with van der Waals surface area (Å²) in [6, 6.07) is 4.07. The van der Waals surface area contributed by atoms with Gasteiger partial charge >= 0.3 is 0 Å². The Morgan fingerprint density at radius 2 is 2.06 bits per heavy atom. The topological polar surface area (TPSA) is 28.4 Å². The first kappa shape index (κ1) is 13.3. The van der Waals surface area contributed by atoms with Crippen LogP contribution in [0.25, 0.3) is 0 Å². The van der Waals surface area contributed by atoms with Crippen LogP contribution >= 0.6 is 0 Å². The quantitative estimate of drug-likeness (QED) is 0.803. The minimum Gasteiger partial charge on any atom is -0.465 e. The fourth-order valence-corrected chi connectivity index (χ4v) is 2.16. The molecule has 16 heavy (non-hydrogen) atoms. The second kappa shape index (κ2) is 5.51. The lowest BCUT2D eigenvalue weighted by atomic mass is 9.93. The Kier molecular flexibility index (Phi) is 4.56. The normalized spacial score (nSPS) is 12.4. The molecule has 0 amide bonds. The van der Waals surface area contributed by atoms with E-state index < -0.39 is 0 Å². The van der Waals surface area contributed by atoms with Crippen LogP contribution < -0.4 is 5.32 Å². The lowest BCUT2D eigenvalue weighted by molar-refractivity contribution is 0.190. The highest BCUT2D eigenvalue weighted by molar-refractivity contribution is 5.05. The Hall–Kier alpha value is -0.800. The van der Waals surface area contributed by atoms with Gasteiger partial charge in [-0.15, -0.1) is 0 Å². The largest absolute Gasteiger partial charge is 0.465 e. The van der Waals surface area contributed by atoms with Crippen molar-refractivity contribution in [2.45, 2.75) is 27.3 Å². The van der Waals surface area contributed by atoms with Crippen LogP contribution in [0.5, 0.6) is 0 Å². The standard InChI is InChI=1S/C13H24N2O/c1-11-6-7-12(16-11)8-15(5)10-13(2,3)9-14-4/h6-7,14H,8-10H2,1-5H3. The average Bonchev–Trinajstić information content (AvgIpc) is 2.49. The Morgan fingerprint density at radius 1 is 1.38 bits per heavy atom. The fraction of sp³-hybridized carbons (Fsp3) is 0.692. The van der Waals surface area contributed by atoms with Crippen LogP contribution in [0.3, 0.4) is 0 Å². The fourth-order valence-electron chi connectivity index (χ4n) is 2.16. The minimum absolute atomic E-state index is 0.283. The maximum Gasteiger partial charge on any atom is 0.118 e. The Bertz CT molecular complexity index is 317. The van der Waals surface area contributed by atoms with Crippen molar-refractivity contribution in [2.24, 2.45) is 5.41 Å². The van der Waals surface area contributed by atoms with E-state index in [0.717, 1.165) is 31.2 Å². The van der Waals surface area contributed by atoms with Crippen LogP contribution in [-0.4, -0.2) is 32.1 Å². The monoisotopic (exact) mass is 224 g/mol. The zero-order valence-corrected chi connectivity index (χ0v) is 11.1. The molecule has 1 aromatic rings.